The van der Waals surface area contributed by atoms with Crippen LogP contribution >= 0.6 is 0 Å². The number of carbonyl (C=O) groups excluding carboxylic acids is 2. The zero-order valence-corrected chi connectivity index (χ0v) is 21.3. The normalized spacial score (nSPS) is 12.0. The second-order valence-corrected chi connectivity index (χ2v) is 10.5. The molecule has 7 nitrogen and oxygen atoms in total. The SMILES string of the molecule is CNC(=O)[C@@H](Cc1ccccc1)N(Cc1ccc(C)cc1)C(=O)CN(c1ccc(F)cc1)S(C)(=O)=O. The van der Waals surface area contributed by atoms with Crippen LogP contribution in [0.4, 0.5) is 10.1 Å². The van der Waals surface area contributed by atoms with Gasteiger partial charge in [0, 0.05) is 20.0 Å². The number of hydrogen-bond donors (Lipinski definition) is 1. The smallest absolute Gasteiger partial charge is 0.244 e. The second-order valence-electron chi connectivity index (χ2n) is 8.57. The van der Waals surface area contributed by atoms with Gasteiger partial charge in [0.2, 0.25) is 21.8 Å². The Hall–Kier alpha value is -3.72. The molecular formula is C27H30FN3O4S. The molecule has 3 aromatic rings. The van der Waals surface area contributed by atoms with E-state index in [1.54, 1.807) is 0 Å². The van der Waals surface area contributed by atoms with Crippen molar-refractivity contribution < 1.29 is 22.4 Å². The van der Waals surface area contributed by atoms with Gasteiger partial charge in [-0.2, -0.15) is 0 Å². The molecule has 3 aromatic carbocycles. The van der Waals surface area contributed by atoms with Crippen molar-refractivity contribution in [3.05, 3.63) is 101 Å². The molecule has 0 radical (unpaired) electrons. The number of carbonyl (C=O) groups is 2. The van der Waals surface area contributed by atoms with E-state index in [9.17, 15) is 22.4 Å². The van der Waals surface area contributed by atoms with Crippen molar-refractivity contribution >= 4 is 27.5 Å². The molecule has 36 heavy (non-hydrogen) atoms. The fourth-order valence-corrected chi connectivity index (χ4v) is 4.68. The Labute approximate surface area is 211 Å². The summed E-state index contributed by atoms with van der Waals surface area (Å²) in [5.74, 6) is -1.45. The molecule has 0 aliphatic rings. The number of likely N-dealkylation sites (N-methyl/N-ethyl adjacent to an activating group) is 1. The summed E-state index contributed by atoms with van der Waals surface area (Å²) in [5, 5.41) is 2.63. The standard InChI is InChI=1S/C27H30FN3O4S/c1-20-9-11-22(12-10-20)18-30(25(27(33)29-2)17-21-7-5-4-6-8-21)26(32)19-31(36(3,34)35)24-15-13-23(28)14-16-24/h4-16,25H,17-19H2,1-3H3,(H,29,33)/t25-/m1/s1. The molecule has 0 fully saturated rings. The Bertz CT molecular complexity index is 1280. The third-order valence-corrected chi connectivity index (χ3v) is 6.93. The first-order valence-corrected chi connectivity index (χ1v) is 13.3. The summed E-state index contributed by atoms with van der Waals surface area (Å²) in [5.41, 5.74) is 2.85. The van der Waals surface area contributed by atoms with Crippen LogP contribution in [0.3, 0.4) is 0 Å². The molecule has 0 aliphatic heterocycles. The van der Waals surface area contributed by atoms with Gasteiger partial charge in [-0.25, -0.2) is 12.8 Å². The van der Waals surface area contributed by atoms with Gasteiger partial charge in [0.05, 0.1) is 11.9 Å². The van der Waals surface area contributed by atoms with Crippen LogP contribution in [0, 0.1) is 12.7 Å². The fraction of sp³-hybridized carbons (Fsp3) is 0.259. The van der Waals surface area contributed by atoms with E-state index < -0.39 is 34.3 Å². The molecule has 0 saturated heterocycles. The fourth-order valence-electron chi connectivity index (χ4n) is 3.83. The topological polar surface area (TPSA) is 86.8 Å². The zero-order chi connectivity index (χ0) is 26.3. The number of sulfonamides is 1. The molecule has 190 valence electrons. The molecular weight excluding hydrogens is 481 g/mol. The minimum absolute atomic E-state index is 0.102. The van der Waals surface area contributed by atoms with Gasteiger partial charge in [0.1, 0.15) is 18.4 Å². The molecule has 0 aromatic heterocycles. The number of hydrogen-bond acceptors (Lipinski definition) is 4. The number of nitrogens with zero attached hydrogens (tertiary/aromatic N) is 2. The Morgan fingerprint density at radius 1 is 0.917 bits per heavy atom. The van der Waals surface area contributed by atoms with E-state index in [0.717, 1.165) is 39.4 Å². The Balaban J connectivity index is 2.00. The minimum atomic E-state index is -3.89. The first-order valence-electron chi connectivity index (χ1n) is 11.4. The molecule has 0 heterocycles. The van der Waals surface area contributed by atoms with Crippen molar-refractivity contribution in [1.29, 1.82) is 0 Å². The lowest BCUT2D eigenvalue weighted by atomic mass is 10.0. The van der Waals surface area contributed by atoms with Gasteiger partial charge in [-0.3, -0.25) is 13.9 Å². The molecule has 1 N–H and O–H groups in total. The minimum Gasteiger partial charge on any atom is -0.357 e. The van der Waals surface area contributed by atoms with Crippen molar-refractivity contribution in [2.45, 2.75) is 25.9 Å². The summed E-state index contributed by atoms with van der Waals surface area (Å²) in [6.07, 6.45) is 1.22. The van der Waals surface area contributed by atoms with Crippen LogP contribution in [-0.4, -0.2) is 51.0 Å². The number of nitrogens with one attached hydrogen (secondary N) is 1. The number of anilines is 1. The lowest BCUT2D eigenvalue weighted by molar-refractivity contribution is -0.139. The number of halogens is 1. The van der Waals surface area contributed by atoms with Crippen LogP contribution in [-0.2, 0) is 32.6 Å². The highest BCUT2D eigenvalue weighted by Gasteiger charge is 2.32. The largest absolute Gasteiger partial charge is 0.357 e. The predicted molar refractivity (Wildman–Crippen MR) is 138 cm³/mol. The number of amides is 2. The first kappa shape index (κ1) is 26.9. The van der Waals surface area contributed by atoms with Crippen molar-refractivity contribution in [3.8, 4) is 0 Å². The lowest BCUT2D eigenvalue weighted by Crippen LogP contribution is -2.52. The lowest BCUT2D eigenvalue weighted by Gasteiger charge is -2.33. The number of rotatable bonds is 10. The average Bonchev–Trinajstić information content (AvgIpc) is 2.86. The van der Waals surface area contributed by atoms with Gasteiger partial charge < -0.3 is 10.2 Å². The summed E-state index contributed by atoms with van der Waals surface area (Å²) in [6, 6.07) is 20.8. The van der Waals surface area contributed by atoms with E-state index in [-0.39, 0.29) is 24.6 Å². The molecule has 2 amide bonds. The van der Waals surface area contributed by atoms with Crippen LogP contribution in [0.5, 0.6) is 0 Å². The van der Waals surface area contributed by atoms with Crippen LogP contribution in [0.2, 0.25) is 0 Å². The molecule has 9 heteroatoms. The van der Waals surface area contributed by atoms with Crippen molar-refractivity contribution in [2.24, 2.45) is 0 Å². The summed E-state index contributed by atoms with van der Waals surface area (Å²) in [4.78, 5) is 28.1. The van der Waals surface area contributed by atoms with Crippen LogP contribution in [0.15, 0.2) is 78.9 Å². The number of aryl methyl sites for hydroxylation is 1. The summed E-state index contributed by atoms with van der Waals surface area (Å²) in [7, 11) is -2.39. The van der Waals surface area contributed by atoms with E-state index >= 15 is 0 Å². The second kappa shape index (κ2) is 11.8. The average molecular weight is 512 g/mol. The highest BCUT2D eigenvalue weighted by molar-refractivity contribution is 7.92. The van der Waals surface area contributed by atoms with Crippen LogP contribution < -0.4 is 9.62 Å². The molecule has 0 unspecified atom stereocenters. The first-order chi connectivity index (χ1) is 17.1. The molecule has 0 bridgehead atoms. The van der Waals surface area contributed by atoms with Crippen molar-refractivity contribution in [2.75, 3.05) is 24.2 Å². The van der Waals surface area contributed by atoms with E-state index in [0.29, 0.717) is 0 Å². The van der Waals surface area contributed by atoms with Gasteiger partial charge >= 0.3 is 0 Å². The third-order valence-electron chi connectivity index (χ3n) is 5.78. The molecule has 0 saturated carbocycles. The Morgan fingerprint density at radius 3 is 2.08 bits per heavy atom. The zero-order valence-electron chi connectivity index (χ0n) is 20.5. The molecule has 0 spiro atoms. The van der Waals surface area contributed by atoms with E-state index in [1.807, 2.05) is 61.5 Å². The third kappa shape index (κ3) is 7.14. The monoisotopic (exact) mass is 511 g/mol. The highest BCUT2D eigenvalue weighted by Crippen LogP contribution is 2.21. The molecule has 3 rings (SSSR count). The highest BCUT2D eigenvalue weighted by atomic mass is 32.2. The Kier molecular flexibility index (Phi) is 8.82. The van der Waals surface area contributed by atoms with Gasteiger partial charge in [-0.05, 0) is 42.3 Å². The summed E-state index contributed by atoms with van der Waals surface area (Å²) in [6.45, 7) is 1.51. The maximum absolute atomic E-state index is 13.7. The molecule has 0 aliphatic carbocycles. The maximum Gasteiger partial charge on any atom is 0.244 e. The van der Waals surface area contributed by atoms with Crippen molar-refractivity contribution in [1.82, 2.24) is 10.2 Å². The van der Waals surface area contributed by atoms with E-state index in [1.165, 1.54) is 24.1 Å². The van der Waals surface area contributed by atoms with Gasteiger partial charge in [0.15, 0.2) is 0 Å². The number of benzene rings is 3. The molecule has 1 atom stereocenters. The van der Waals surface area contributed by atoms with Crippen LogP contribution in [0.25, 0.3) is 0 Å². The van der Waals surface area contributed by atoms with E-state index in [2.05, 4.69) is 5.32 Å². The maximum atomic E-state index is 13.7. The summed E-state index contributed by atoms with van der Waals surface area (Å²) >= 11 is 0. The predicted octanol–water partition coefficient (Wildman–Crippen LogP) is 3.29. The van der Waals surface area contributed by atoms with Gasteiger partial charge in [-0.15, -0.1) is 0 Å². The quantitative estimate of drug-likeness (QED) is 0.453. The van der Waals surface area contributed by atoms with Crippen LogP contribution in [0.1, 0.15) is 16.7 Å². The van der Waals surface area contributed by atoms with Gasteiger partial charge in [-0.1, -0.05) is 60.2 Å². The summed E-state index contributed by atoms with van der Waals surface area (Å²) < 4.78 is 39.6. The Morgan fingerprint density at radius 2 is 1.53 bits per heavy atom. The van der Waals surface area contributed by atoms with Crippen molar-refractivity contribution in [3.63, 3.8) is 0 Å². The van der Waals surface area contributed by atoms with E-state index in [4.69, 9.17) is 0 Å². The van der Waals surface area contributed by atoms with Gasteiger partial charge in [0.25, 0.3) is 0 Å².